The molecule has 1 saturated heterocycles. The number of amides is 1. The van der Waals surface area contributed by atoms with Crippen LogP contribution in [0.2, 0.25) is 0 Å². The lowest BCUT2D eigenvalue weighted by Gasteiger charge is -2.26. The molecule has 3 aromatic rings. The lowest BCUT2D eigenvalue weighted by Crippen LogP contribution is -2.32. The Balaban J connectivity index is 1.38. The fourth-order valence-corrected chi connectivity index (χ4v) is 4.38. The molecule has 4 nitrogen and oxygen atoms in total. The predicted octanol–water partition coefficient (Wildman–Crippen LogP) is 5.43. The molecule has 0 saturated carbocycles. The van der Waals surface area contributed by atoms with Gasteiger partial charge in [-0.15, -0.1) is 0 Å². The minimum Gasteiger partial charge on any atom is -0.332 e. The van der Waals surface area contributed by atoms with Crippen LogP contribution in [0, 0.1) is 18.7 Å². The zero-order valence-electron chi connectivity index (χ0n) is 17.6. The summed E-state index contributed by atoms with van der Waals surface area (Å²) in [6.07, 6.45) is 4.32. The zero-order valence-corrected chi connectivity index (χ0v) is 17.6. The first-order valence-corrected chi connectivity index (χ1v) is 10.6. The average Bonchev–Trinajstić information content (AvgIpc) is 3.29. The van der Waals surface area contributed by atoms with E-state index in [1.807, 2.05) is 21.7 Å². The SMILES string of the molecule is C=C(CCCn1cc2cc(C)ccc2n1)C(=O)N1CC(C)CC1c1cccc(F)c1. The van der Waals surface area contributed by atoms with Crippen LogP contribution in [-0.2, 0) is 11.3 Å². The Morgan fingerprint density at radius 3 is 2.90 bits per heavy atom. The zero-order chi connectivity index (χ0) is 21.3. The first-order valence-electron chi connectivity index (χ1n) is 10.6. The number of benzene rings is 2. The molecule has 5 heteroatoms. The van der Waals surface area contributed by atoms with Crippen molar-refractivity contribution in [2.24, 2.45) is 5.92 Å². The Hall–Kier alpha value is -2.95. The largest absolute Gasteiger partial charge is 0.332 e. The molecule has 30 heavy (non-hydrogen) atoms. The Bertz CT molecular complexity index is 1090. The van der Waals surface area contributed by atoms with Crippen LogP contribution in [-0.4, -0.2) is 27.1 Å². The molecule has 2 atom stereocenters. The highest BCUT2D eigenvalue weighted by atomic mass is 19.1. The van der Waals surface area contributed by atoms with Crippen molar-refractivity contribution < 1.29 is 9.18 Å². The van der Waals surface area contributed by atoms with Gasteiger partial charge < -0.3 is 4.90 Å². The van der Waals surface area contributed by atoms with Crippen LogP contribution in [0.4, 0.5) is 4.39 Å². The first-order chi connectivity index (χ1) is 14.4. The maximum absolute atomic E-state index is 13.7. The highest BCUT2D eigenvalue weighted by Gasteiger charge is 2.34. The van der Waals surface area contributed by atoms with E-state index in [9.17, 15) is 9.18 Å². The Morgan fingerprint density at radius 1 is 1.27 bits per heavy atom. The van der Waals surface area contributed by atoms with E-state index in [0.717, 1.165) is 35.9 Å². The third kappa shape index (κ3) is 4.30. The second-order valence-electron chi connectivity index (χ2n) is 8.53. The number of fused-ring (bicyclic) bond motifs is 1. The normalized spacial score (nSPS) is 18.8. The van der Waals surface area contributed by atoms with Gasteiger partial charge in [-0.05, 0) is 61.9 Å². The minimum absolute atomic E-state index is 0.0186. The number of nitrogens with zero attached hydrogens (tertiary/aromatic N) is 3. The van der Waals surface area contributed by atoms with Gasteiger partial charge in [-0.25, -0.2) is 4.39 Å². The van der Waals surface area contributed by atoms with Crippen LogP contribution < -0.4 is 0 Å². The fraction of sp³-hybridized carbons (Fsp3) is 0.360. The van der Waals surface area contributed by atoms with Gasteiger partial charge in [-0.1, -0.05) is 37.3 Å². The lowest BCUT2D eigenvalue weighted by molar-refractivity contribution is -0.128. The summed E-state index contributed by atoms with van der Waals surface area (Å²) in [6.45, 7) is 9.69. The molecule has 2 aromatic carbocycles. The Labute approximate surface area is 177 Å². The number of rotatable bonds is 6. The molecule has 0 aliphatic carbocycles. The number of carbonyl (C=O) groups excluding carboxylic acids is 1. The van der Waals surface area contributed by atoms with Gasteiger partial charge in [0.2, 0.25) is 5.91 Å². The summed E-state index contributed by atoms with van der Waals surface area (Å²) < 4.78 is 15.6. The number of aromatic nitrogens is 2. The fourth-order valence-electron chi connectivity index (χ4n) is 4.38. The number of carbonyl (C=O) groups is 1. The standard InChI is InChI=1S/C25H28FN3O/c1-17-9-10-23-21(12-17)16-28(27-23)11-5-6-19(3)25(30)29-15-18(2)13-24(29)20-7-4-8-22(26)14-20/h4,7-10,12,14,16,18,24H,3,5-6,11,13,15H2,1-2H3. The van der Waals surface area contributed by atoms with Crippen LogP contribution in [0.1, 0.15) is 43.4 Å². The molecule has 1 amide bonds. The number of hydrogen-bond acceptors (Lipinski definition) is 2. The summed E-state index contributed by atoms with van der Waals surface area (Å²) in [6, 6.07) is 12.7. The van der Waals surface area contributed by atoms with Crippen LogP contribution in [0.25, 0.3) is 10.9 Å². The molecule has 0 radical (unpaired) electrons. The highest BCUT2D eigenvalue weighted by Crippen LogP contribution is 2.36. The van der Waals surface area contributed by atoms with E-state index in [-0.39, 0.29) is 17.8 Å². The Kier molecular flexibility index (Phi) is 5.71. The number of aryl methyl sites for hydroxylation is 2. The quantitative estimate of drug-likeness (QED) is 0.513. The summed E-state index contributed by atoms with van der Waals surface area (Å²) in [5.41, 5.74) is 3.67. The van der Waals surface area contributed by atoms with Crippen molar-refractivity contribution in [2.75, 3.05) is 6.54 Å². The molecule has 1 aromatic heterocycles. The molecule has 1 aliphatic rings. The van der Waals surface area contributed by atoms with Gasteiger partial charge in [0.25, 0.3) is 0 Å². The maximum atomic E-state index is 13.7. The van der Waals surface area contributed by atoms with E-state index in [1.54, 1.807) is 6.07 Å². The van der Waals surface area contributed by atoms with Gasteiger partial charge in [0.15, 0.2) is 0 Å². The van der Waals surface area contributed by atoms with E-state index in [2.05, 4.69) is 43.9 Å². The number of likely N-dealkylation sites (tertiary alicyclic amines) is 1. The van der Waals surface area contributed by atoms with Gasteiger partial charge in [-0.2, -0.15) is 5.10 Å². The van der Waals surface area contributed by atoms with Crippen molar-refractivity contribution in [2.45, 2.75) is 45.7 Å². The van der Waals surface area contributed by atoms with Gasteiger partial charge in [0.05, 0.1) is 11.6 Å². The second kappa shape index (κ2) is 8.42. The van der Waals surface area contributed by atoms with E-state index in [4.69, 9.17) is 0 Å². The summed E-state index contributed by atoms with van der Waals surface area (Å²) in [7, 11) is 0. The molecular formula is C25H28FN3O. The topological polar surface area (TPSA) is 38.1 Å². The number of halogens is 1. The van der Waals surface area contributed by atoms with Crippen LogP contribution in [0.5, 0.6) is 0 Å². The molecule has 1 fully saturated rings. The number of hydrogen-bond donors (Lipinski definition) is 0. The van der Waals surface area contributed by atoms with Crippen molar-refractivity contribution >= 4 is 16.8 Å². The minimum atomic E-state index is -0.264. The third-order valence-electron chi connectivity index (χ3n) is 5.88. The van der Waals surface area contributed by atoms with E-state index < -0.39 is 0 Å². The third-order valence-corrected chi connectivity index (χ3v) is 5.88. The van der Waals surface area contributed by atoms with Crippen molar-refractivity contribution in [3.8, 4) is 0 Å². The van der Waals surface area contributed by atoms with Gasteiger partial charge in [0.1, 0.15) is 5.82 Å². The highest BCUT2D eigenvalue weighted by molar-refractivity contribution is 5.93. The Morgan fingerprint density at radius 2 is 2.10 bits per heavy atom. The van der Waals surface area contributed by atoms with Gasteiger partial charge in [0, 0.05) is 30.2 Å². The van der Waals surface area contributed by atoms with Crippen LogP contribution in [0.3, 0.4) is 0 Å². The summed E-state index contributed by atoms with van der Waals surface area (Å²) in [4.78, 5) is 15.0. The maximum Gasteiger partial charge on any atom is 0.249 e. The lowest BCUT2D eigenvalue weighted by atomic mass is 10.0. The molecular weight excluding hydrogens is 377 g/mol. The molecule has 0 spiro atoms. The average molecular weight is 406 g/mol. The summed E-state index contributed by atoms with van der Waals surface area (Å²) in [5, 5.41) is 5.73. The van der Waals surface area contributed by atoms with Crippen molar-refractivity contribution in [3.63, 3.8) is 0 Å². The van der Waals surface area contributed by atoms with E-state index >= 15 is 0 Å². The van der Waals surface area contributed by atoms with Crippen LogP contribution in [0.15, 0.2) is 60.8 Å². The van der Waals surface area contributed by atoms with E-state index in [0.29, 0.717) is 24.5 Å². The summed E-state index contributed by atoms with van der Waals surface area (Å²) in [5.74, 6) is 0.102. The van der Waals surface area contributed by atoms with Crippen molar-refractivity contribution in [3.05, 3.63) is 77.8 Å². The smallest absolute Gasteiger partial charge is 0.249 e. The molecule has 2 heterocycles. The molecule has 156 valence electrons. The first kappa shape index (κ1) is 20.3. The van der Waals surface area contributed by atoms with E-state index in [1.165, 1.54) is 17.7 Å². The van der Waals surface area contributed by atoms with Gasteiger partial charge in [-0.3, -0.25) is 9.48 Å². The van der Waals surface area contributed by atoms with Gasteiger partial charge >= 0.3 is 0 Å². The predicted molar refractivity (Wildman–Crippen MR) is 117 cm³/mol. The molecule has 0 bridgehead atoms. The molecule has 0 N–H and O–H groups in total. The second-order valence-corrected chi connectivity index (χ2v) is 8.53. The molecule has 2 unspecified atom stereocenters. The van der Waals surface area contributed by atoms with Crippen molar-refractivity contribution in [1.82, 2.24) is 14.7 Å². The summed E-state index contributed by atoms with van der Waals surface area (Å²) >= 11 is 0. The monoisotopic (exact) mass is 405 g/mol. The molecule has 4 rings (SSSR count). The van der Waals surface area contributed by atoms with Crippen molar-refractivity contribution in [1.29, 1.82) is 0 Å². The molecule has 1 aliphatic heterocycles. The van der Waals surface area contributed by atoms with Crippen LogP contribution >= 0.6 is 0 Å².